The summed E-state index contributed by atoms with van der Waals surface area (Å²) in [6.07, 6.45) is 12.6. The minimum atomic E-state index is -4.55. The summed E-state index contributed by atoms with van der Waals surface area (Å²) < 4.78 is 72.9. The van der Waals surface area contributed by atoms with Crippen molar-refractivity contribution < 1.29 is 30.5 Å². The van der Waals surface area contributed by atoms with Crippen molar-refractivity contribution in [3.63, 3.8) is 0 Å². The quantitative estimate of drug-likeness (QED) is 0.0842. The molecule has 2 aromatic heterocycles. The van der Waals surface area contributed by atoms with E-state index >= 15 is 0 Å². The monoisotopic (exact) mass is 753 g/mol. The van der Waals surface area contributed by atoms with Gasteiger partial charge in [-0.3, -0.25) is 9.11 Å². The highest BCUT2D eigenvalue weighted by Gasteiger charge is 2.46. The molecule has 2 aliphatic rings. The molecule has 6 rings (SSSR count). The second-order valence-corrected chi connectivity index (χ2v) is 19.1. The maximum Gasteiger partial charge on any atom is 0.295 e. The third-order valence-corrected chi connectivity index (χ3v) is 13.8. The van der Waals surface area contributed by atoms with E-state index < -0.39 is 31.4 Å². The largest absolute Gasteiger partial charge is 0.343 e. The van der Waals surface area contributed by atoms with Crippen molar-refractivity contribution in [2.45, 2.75) is 83.0 Å². The molecule has 1 atom stereocenters. The average molecular weight is 754 g/mol. The van der Waals surface area contributed by atoms with Gasteiger partial charge in [-0.2, -0.15) is 21.4 Å². The molecule has 2 aromatic carbocycles. The van der Waals surface area contributed by atoms with Crippen LogP contribution in [0.3, 0.4) is 0 Å². The van der Waals surface area contributed by atoms with Crippen molar-refractivity contribution in [3.8, 4) is 0 Å². The number of thiophene rings is 2. The highest BCUT2D eigenvalue weighted by atomic mass is 32.2. The summed E-state index contributed by atoms with van der Waals surface area (Å²) in [7, 11) is -8.75. The third-order valence-electron chi connectivity index (χ3n) is 10.0. The van der Waals surface area contributed by atoms with E-state index in [-0.39, 0.29) is 16.7 Å². The number of anilines is 1. The summed E-state index contributed by atoms with van der Waals surface area (Å²) in [6.45, 7) is 14.3. The minimum absolute atomic E-state index is 0.143. The van der Waals surface area contributed by atoms with Gasteiger partial charge in [-0.15, -0.1) is 22.7 Å². The molecule has 2 N–H and O–H groups in total. The lowest BCUT2D eigenvalue weighted by Gasteiger charge is -2.30. The number of hydrogen-bond acceptors (Lipinski definition) is 7. The summed E-state index contributed by atoms with van der Waals surface area (Å²) in [5.74, 6) is -0.411. The second kappa shape index (κ2) is 13.4. The summed E-state index contributed by atoms with van der Waals surface area (Å²) in [5.41, 5.74) is 5.33. The molecule has 0 saturated carbocycles. The fraction of sp³-hybridized carbons (Fsp3) is 0.395. The van der Waals surface area contributed by atoms with Gasteiger partial charge in [0.15, 0.2) is 5.71 Å². The Balaban J connectivity index is 1.44. The summed E-state index contributed by atoms with van der Waals surface area (Å²) >= 11 is 3.09. The maximum absolute atomic E-state index is 12.7. The highest BCUT2D eigenvalue weighted by molar-refractivity contribution is 7.86. The van der Waals surface area contributed by atoms with Crippen LogP contribution in [-0.2, 0) is 31.1 Å². The van der Waals surface area contributed by atoms with Crippen LogP contribution in [0.1, 0.15) is 76.3 Å². The number of nitrogens with zero attached hydrogens (tertiary/aromatic N) is 2. The van der Waals surface area contributed by atoms with Gasteiger partial charge in [0.05, 0.1) is 21.6 Å². The zero-order chi connectivity index (χ0) is 36.2. The van der Waals surface area contributed by atoms with E-state index in [1.54, 1.807) is 17.4 Å². The topological polar surface area (TPSA) is 115 Å². The molecule has 0 radical (unpaired) electrons. The van der Waals surface area contributed by atoms with Crippen LogP contribution in [0, 0.1) is 6.92 Å². The van der Waals surface area contributed by atoms with Gasteiger partial charge in [-0.1, -0.05) is 32.1 Å². The lowest BCUT2D eigenvalue weighted by atomic mass is 9.77. The van der Waals surface area contributed by atoms with Gasteiger partial charge in [0.2, 0.25) is 5.69 Å². The van der Waals surface area contributed by atoms with E-state index in [0.717, 1.165) is 41.0 Å². The van der Waals surface area contributed by atoms with Gasteiger partial charge < -0.3 is 4.90 Å². The van der Waals surface area contributed by atoms with Gasteiger partial charge >= 0.3 is 0 Å². The molecule has 12 heteroatoms. The van der Waals surface area contributed by atoms with E-state index in [1.165, 1.54) is 38.4 Å². The lowest BCUT2D eigenvalue weighted by molar-refractivity contribution is -0.437. The number of rotatable bonds is 12. The molecule has 266 valence electrons. The number of hydrogen-bond donors (Lipinski definition) is 2. The SMILES string of the molecule is CCCN1/C(=C/C=C/C=C/C2=[N+](CCC)c3ccc4sccc4c3C2(C)C)C(C)(CCCS(=O)(=O)O)c2cc(S(=O)(=O)O)c3sc(C)cc3c21. The predicted octanol–water partition coefficient (Wildman–Crippen LogP) is 9.31. The molecule has 8 nitrogen and oxygen atoms in total. The first kappa shape index (κ1) is 36.7. The van der Waals surface area contributed by atoms with E-state index in [9.17, 15) is 25.9 Å². The first-order valence-corrected chi connectivity index (χ1v) is 21.8. The van der Waals surface area contributed by atoms with Crippen molar-refractivity contribution in [2.24, 2.45) is 0 Å². The van der Waals surface area contributed by atoms with Gasteiger partial charge in [-0.05, 0) is 88.2 Å². The number of aryl methyl sites for hydroxylation is 1. The Morgan fingerprint density at radius 3 is 2.40 bits per heavy atom. The zero-order valence-electron chi connectivity index (χ0n) is 29.4. The smallest absolute Gasteiger partial charge is 0.295 e. The molecule has 0 spiro atoms. The lowest BCUT2D eigenvalue weighted by Crippen LogP contribution is -2.29. The minimum Gasteiger partial charge on any atom is -0.343 e. The Morgan fingerprint density at radius 1 is 0.960 bits per heavy atom. The average Bonchev–Trinajstić information content (AvgIpc) is 3.75. The molecule has 0 saturated heterocycles. The fourth-order valence-electron chi connectivity index (χ4n) is 7.97. The van der Waals surface area contributed by atoms with E-state index in [0.29, 0.717) is 23.2 Å². The van der Waals surface area contributed by atoms with Crippen LogP contribution in [0.15, 0.2) is 76.7 Å². The van der Waals surface area contributed by atoms with Crippen molar-refractivity contribution in [2.75, 3.05) is 23.7 Å². The second-order valence-electron chi connectivity index (χ2n) is 14.0. The molecular weight excluding hydrogens is 709 g/mol. The van der Waals surface area contributed by atoms with Gasteiger partial charge in [0.25, 0.3) is 20.2 Å². The molecule has 0 bridgehead atoms. The summed E-state index contributed by atoms with van der Waals surface area (Å²) in [4.78, 5) is 2.98. The molecule has 1 unspecified atom stereocenters. The van der Waals surface area contributed by atoms with Crippen molar-refractivity contribution in [1.29, 1.82) is 0 Å². The van der Waals surface area contributed by atoms with E-state index in [1.807, 2.05) is 38.1 Å². The molecule has 0 amide bonds. The third kappa shape index (κ3) is 6.43. The Bertz CT molecular complexity index is 2340. The molecular formula is C38H45N2O6S4+. The normalized spacial score (nSPS) is 20.1. The fourth-order valence-corrected chi connectivity index (χ4v) is 11.3. The van der Waals surface area contributed by atoms with Crippen molar-refractivity contribution in [1.82, 2.24) is 0 Å². The number of fused-ring (bicyclic) bond motifs is 6. The maximum atomic E-state index is 12.7. The Kier molecular flexibility index (Phi) is 9.86. The molecule has 0 fully saturated rings. The van der Waals surface area contributed by atoms with Crippen LogP contribution in [0.4, 0.5) is 11.4 Å². The predicted molar refractivity (Wildman–Crippen MR) is 208 cm³/mol. The van der Waals surface area contributed by atoms with Crippen LogP contribution in [0.5, 0.6) is 0 Å². The first-order valence-electron chi connectivity index (χ1n) is 17.0. The van der Waals surface area contributed by atoms with Crippen LogP contribution >= 0.6 is 22.7 Å². The number of benzene rings is 2. The molecule has 50 heavy (non-hydrogen) atoms. The summed E-state index contributed by atoms with van der Waals surface area (Å²) in [6, 6.07) is 10.2. The van der Waals surface area contributed by atoms with E-state index in [4.69, 9.17) is 0 Å². The van der Waals surface area contributed by atoms with Crippen LogP contribution in [0.2, 0.25) is 0 Å². The van der Waals surface area contributed by atoms with Gasteiger partial charge in [0.1, 0.15) is 11.4 Å². The zero-order valence-corrected chi connectivity index (χ0v) is 32.6. The Morgan fingerprint density at radius 2 is 1.72 bits per heavy atom. The standard InChI is InChI=1S/C38H44N2O6S4/c1-7-19-39-29-15-16-30-26(17-21-47-30)34(29)37(4,5)32(39)13-10-9-11-14-33-38(6,18-12-22-49(41,42)43)28-24-31(50(44,45)46)36-27(23-25(3)48-36)35(28)40(33)20-8-2/h9-11,13-17,21,23-24H,7-8,12,18-20,22H2,1-6H3,(H-,41,42,43,44,45,46)/p+1. The summed E-state index contributed by atoms with van der Waals surface area (Å²) in [5, 5.41) is 4.21. The van der Waals surface area contributed by atoms with Crippen LogP contribution < -0.4 is 4.90 Å². The number of allylic oxidation sites excluding steroid dienone is 6. The van der Waals surface area contributed by atoms with Crippen LogP contribution in [0.25, 0.3) is 20.2 Å². The first-order chi connectivity index (χ1) is 23.5. The van der Waals surface area contributed by atoms with Crippen molar-refractivity contribution in [3.05, 3.63) is 87.8 Å². The van der Waals surface area contributed by atoms with E-state index in [2.05, 4.69) is 72.9 Å². The highest BCUT2D eigenvalue weighted by Crippen LogP contribution is 2.55. The van der Waals surface area contributed by atoms with Crippen molar-refractivity contribution >= 4 is 80.2 Å². The van der Waals surface area contributed by atoms with Gasteiger partial charge in [-0.25, -0.2) is 0 Å². The molecule has 0 aliphatic carbocycles. The van der Waals surface area contributed by atoms with Crippen LogP contribution in [-0.4, -0.2) is 55.1 Å². The molecule has 2 aliphatic heterocycles. The Hall–Kier alpha value is -3.13. The molecule has 4 aromatic rings. The Labute approximate surface area is 303 Å². The van der Waals surface area contributed by atoms with Gasteiger partial charge in [0, 0.05) is 62.1 Å². The molecule has 4 heterocycles.